The van der Waals surface area contributed by atoms with E-state index < -0.39 is 6.09 Å². The van der Waals surface area contributed by atoms with Crippen LogP contribution in [0.1, 0.15) is 12.5 Å². The zero-order chi connectivity index (χ0) is 13.0. The van der Waals surface area contributed by atoms with Gasteiger partial charge in [0, 0.05) is 6.20 Å². The van der Waals surface area contributed by atoms with Gasteiger partial charge in [0.15, 0.2) is 5.78 Å². The maximum atomic E-state index is 11.5. The summed E-state index contributed by atoms with van der Waals surface area (Å²) in [5, 5.41) is 0. The third kappa shape index (κ3) is 2.97. The van der Waals surface area contributed by atoms with Gasteiger partial charge in [0.05, 0.1) is 6.04 Å². The summed E-state index contributed by atoms with van der Waals surface area (Å²) in [5.41, 5.74) is 1.14. The first-order valence-electron chi connectivity index (χ1n) is 5.84. The van der Waals surface area contributed by atoms with E-state index >= 15 is 0 Å². The van der Waals surface area contributed by atoms with Crippen LogP contribution in [0.15, 0.2) is 42.6 Å². The molecule has 0 aromatic heterocycles. The van der Waals surface area contributed by atoms with Gasteiger partial charge in [0.25, 0.3) is 0 Å². The van der Waals surface area contributed by atoms with E-state index in [-0.39, 0.29) is 11.8 Å². The Hall–Kier alpha value is -2.10. The van der Waals surface area contributed by atoms with Gasteiger partial charge in [-0.25, -0.2) is 4.79 Å². The second-order valence-corrected chi connectivity index (χ2v) is 4.25. The Morgan fingerprint density at radius 1 is 1.44 bits per heavy atom. The third-order valence-electron chi connectivity index (χ3n) is 2.79. The summed E-state index contributed by atoms with van der Waals surface area (Å²) < 4.78 is 5.01. The molecule has 0 spiro atoms. The maximum Gasteiger partial charge on any atom is 0.414 e. The highest BCUT2D eigenvalue weighted by Crippen LogP contribution is 2.17. The Balaban J connectivity index is 2.07. The highest BCUT2D eigenvalue weighted by Gasteiger charge is 2.31. The van der Waals surface area contributed by atoms with Crippen molar-refractivity contribution in [1.29, 1.82) is 0 Å². The number of amides is 1. The summed E-state index contributed by atoms with van der Waals surface area (Å²) >= 11 is 0. The lowest BCUT2D eigenvalue weighted by Gasteiger charge is -2.16. The number of ether oxygens (including phenoxy) is 1. The molecular weight excluding hydrogens is 230 g/mol. The molecule has 4 nitrogen and oxygen atoms in total. The minimum Gasteiger partial charge on any atom is -0.447 e. The first-order chi connectivity index (χ1) is 8.66. The molecule has 0 saturated carbocycles. The van der Waals surface area contributed by atoms with Gasteiger partial charge in [0.2, 0.25) is 0 Å². The van der Waals surface area contributed by atoms with Crippen molar-refractivity contribution in [3.8, 4) is 0 Å². The highest BCUT2D eigenvalue weighted by molar-refractivity contribution is 5.87. The zero-order valence-corrected chi connectivity index (χ0v) is 10.2. The molecular formula is C14H15NO3. The second kappa shape index (κ2) is 5.49. The molecule has 18 heavy (non-hydrogen) atoms. The van der Waals surface area contributed by atoms with Crippen molar-refractivity contribution >= 4 is 11.9 Å². The number of allylic oxidation sites excluding steroid dienone is 1. The lowest BCUT2D eigenvalue weighted by Crippen LogP contribution is -2.30. The van der Waals surface area contributed by atoms with Gasteiger partial charge >= 0.3 is 6.09 Å². The van der Waals surface area contributed by atoms with Gasteiger partial charge in [-0.2, -0.15) is 0 Å². The molecule has 0 N–H and O–H groups in total. The van der Waals surface area contributed by atoms with Gasteiger partial charge in [-0.1, -0.05) is 30.3 Å². The minimum atomic E-state index is -0.395. The number of cyclic esters (lactones) is 1. The molecule has 4 heteroatoms. The Morgan fingerprint density at radius 3 is 2.83 bits per heavy atom. The number of hydrogen-bond donors (Lipinski definition) is 0. The lowest BCUT2D eigenvalue weighted by molar-refractivity contribution is -0.112. The van der Waals surface area contributed by atoms with Gasteiger partial charge in [-0.3, -0.25) is 9.69 Å². The molecule has 94 valence electrons. The molecule has 1 aromatic carbocycles. The first-order valence-corrected chi connectivity index (χ1v) is 5.84. The molecule has 1 amide bonds. The fourth-order valence-electron chi connectivity index (χ4n) is 1.88. The quantitative estimate of drug-likeness (QED) is 0.764. The molecule has 1 aromatic rings. The van der Waals surface area contributed by atoms with E-state index in [2.05, 4.69) is 0 Å². The van der Waals surface area contributed by atoms with Gasteiger partial charge < -0.3 is 4.74 Å². The number of hydrogen-bond acceptors (Lipinski definition) is 3. The van der Waals surface area contributed by atoms with Crippen LogP contribution in [0.3, 0.4) is 0 Å². The van der Waals surface area contributed by atoms with Crippen LogP contribution in [0.5, 0.6) is 0 Å². The predicted octanol–water partition coefficient (Wildman–Crippen LogP) is 2.15. The van der Waals surface area contributed by atoms with Crippen LogP contribution in [0.25, 0.3) is 0 Å². The molecule has 0 radical (unpaired) electrons. The standard InChI is InChI=1S/C14H15NO3/c1-11(16)7-8-15-13(10-18-14(15)17)9-12-5-3-2-4-6-12/h2-8,13H,9-10H2,1H3. The second-order valence-electron chi connectivity index (χ2n) is 4.25. The summed E-state index contributed by atoms with van der Waals surface area (Å²) in [5.74, 6) is -0.0897. The SMILES string of the molecule is CC(=O)C=CN1C(=O)OCC1Cc1ccccc1. The fourth-order valence-corrected chi connectivity index (χ4v) is 1.88. The summed E-state index contributed by atoms with van der Waals surface area (Å²) in [6, 6.07) is 9.85. The Morgan fingerprint density at radius 2 is 2.17 bits per heavy atom. The molecule has 0 bridgehead atoms. The summed E-state index contributed by atoms with van der Waals surface area (Å²) in [7, 11) is 0. The predicted molar refractivity (Wildman–Crippen MR) is 66.9 cm³/mol. The normalized spacial score (nSPS) is 19.3. The van der Waals surface area contributed by atoms with E-state index in [0.29, 0.717) is 6.61 Å². The fraction of sp³-hybridized carbons (Fsp3) is 0.286. The van der Waals surface area contributed by atoms with E-state index in [4.69, 9.17) is 4.74 Å². The molecule has 1 saturated heterocycles. The van der Waals surface area contributed by atoms with Crippen LogP contribution in [0.4, 0.5) is 4.79 Å². The molecule has 0 aliphatic carbocycles. The summed E-state index contributed by atoms with van der Waals surface area (Å²) in [4.78, 5) is 23.9. The van der Waals surface area contributed by atoms with E-state index in [9.17, 15) is 9.59 Å². The minimum absolute atomic E-state index is 0.0458. The Kier molecular flexibility index (Phi) is 3.77. The van der Waals surface area contributed by atoms with Crippen LogP contribution < -0.4 is 0 Å². The molecule has 1 heterocycles. The van der Waals surface area contributed by atoms with E-state index in [1.807, 2.05) is 30.3 Å². The number of nitrogens with zero attached hydrogens (tertiary/aromatic N) is 1. The first kappa shape index (κ1) is 12.4. The number of ketones is 1. The van der Waals surface area contributed by atoms with Crippen molar-refractivity contribution in [1.82, 2.24) is 4.90 Å². The number of rotatable bonds is 4. The van der Waals surface area contributed by atoms with Crippen molar-refractivity contribution in [2.75, 3.05) is 6.61 Å². The zero-order valence-electron chi connectivity index (χ0n) is 10.2. The smallest absolute Gasteiger partial charge is 0.414 e. The number of benzene rings is 1. The number of carbonyl (C=O) groups is 2. The average Bonchev–Trinajstić information content (AvgIpc) is 2.69. The Labute approximate surface area is 106 Å². The molecule has 2 rings (SSSR count). The molecule has 1 aliphatic heterocycles. The van der Waals surface area contributed by atoms with Crippen LogP contribution >= 0.6 is 0 Å². The van der Waals surface area contributed by atoms with Crippen LogP contribution in [-0.4, -0.2) is 29.4 Å². The van der Waals surface area contributed by atoms with Gasteiger partial charge in [-0.15, -0.1) is 0 Å². The van der Waals surface area contributed by atoms with Gasteiger partial charge in [-0.05, 0) is 25.0 Å². The average molecular weight is 245 g/mol. The summed E-state index contributed by atoms with van der Waals surface area (Å²) in [6.07, 6.45) is 3.21. The van der Waals surface area contributed by atoms with Crippen molar-refractivity contribution in [2.24, 2.45) is 0 Å². The van der Waals surface area contributed by atoms with Crippen molar-refractivity contribution in [2.45, 2.75) is 19.4 Å². The third-order valence-corrected chi connectivity index (χ3v) is 2.79. The van der Waals surface area contributed by atoms with Gasteiger partial charge in [0.1, 0.15) is 6.61 Å². The van der Waals surface area contributed by atoms with Crippen LogP contribution in [0, 0.1) is 0 Å². The lowest BCUT2D eigenvalue weighted by atomic mass is 10.1. The van der Waals surface area contributed by atoms with E-state index in [1.54, 1.807) is 0 Å². The summed E-state index contributed by atoms with van der Waals surface area (Å²) in [6.45, 7) is 1.81. The maximum absolute atomic E-state index is 11.5. The van der Waals surface area contributed by atoms with Crippen molar-refractivity contribution in [3.63, 3.8) is 0 Å². The largest absolute Gasteiger partial charge is 0.447 e. The van der Waals surface area contributed by atoms with E-state index in [0.717, 1.165) is 12.0 Å². The van der Waals surface area contributed by atoms with Crippen LogP contribution in [-0.2, 0) is 16.0 Å². The van der Waals surface area contributed by atoms with Crippen molar-refractivity contribution in [3.05, 3.63) is 48.2 Å². The molecule has 1 aliphatic rings. The molecule has 1 atom stereocenters. The molecule has 1 unspecified atom stereocenters. The molecule has 1 fully saturated rings. The van der Waals surface area contributed by atoms with E-state index in [1.165, 1.54) is 24.1 Å². The van der Waals surface area contributed by atoms with Crippen molar-refractivity contribution < 1.29 is 14.3 Å². The monoisotopic (exact) mass is 245 g/mol. The Bertz CT molecular complexity index is 467. The topological polar surface area (TPSA) is 46.6 Å². The van der Waals surface area contributed by atoms with Crippen LogP contribution in [0.2, 0.25) is 0 Å². The number of carbonyl (C=O) groups excluding carboxylic acids is 2. The highest BCUT2D eigenvalue weighted by atomic mass is 16.6.